The minimum Gasteiger partial charge on any atom is -0.486 e. The molecule has 0 amide bonds. The second-order valence-corrected chi connectivity index (χ2v) is 7.84. The molecule has 0 fully saturated rings. The van der Waals surface area contributed by atoms with Crippen LogP contribution in [0.15, 0.2) is 92.0 Å². The molecule has 160 valence electrons. The third-order valence-corrected chi connectivity index (χ3v) is 5.41. The van der Waals surface area contributed by atoms with E-state index in [0.29, 0.717) is 12.4 Å². The molecule has 0 bridgehead atoms. The fourth-order valence-electron chi connectivity index (χ4n) is 3.48. The number of hydrogen-bond acceptors (Lipinski definition) is 1. The largest absolute Gasteiger partial charge is 0.486 e. The summed E-state index contributed by atoms with van der Waals surface area (Å²) >= 11 is 0. The van der Waals surface area contributed by atoms with Crippen LogP contribution in [-0.2, 0) is 32.3 Å². The molecule has 1 nitrogen and oxygen atoms in total. The Morgan fingerprint density at radius 2 is 1.06 bits per heavy atom. The number of allylic oxidation sites excluding steroid dienone is 2. The molecule has 3 aromatic carbocycles. The molecular weight excluding hydrogens is 383 g/mol. The predicted molar refractivity (Wildman–Crippen MR) is 128 cm³/mol. The molecule has 3 rings (SSSR count). The molecule has 0 N–H and O–H groups in total. The Labute approximate surface area is 185 Å². The lowest BCUT2D eigenvalue weighted by Gasteiger charge is -2.10. The molecule has 0 atom stereocenters. The zero-order valence-corrected chi connectivity index (χ0v) is 18.2. The van der Waals surface area contributed by atoms with Crippen molar-refractivity contribution in [2.45, 2.75) is 45.1 Å². The Morgan fingerprint density at radius 1 is 0.613 bits per heavy atom. The van der Waals surface area contributed by atoms with Gasteiger partial charge in [-0.1, -0.05) is 66.7 Å². The summed E-state index contributed by atoms with van der Waals surface area (Å²) in [6, 6.07) is 22.4. The minimum atomic E-state index is -0.311. The highest BCUT2D eigenvalue weighted by atomic mass is 19.1. The van der Waals surface area contributed by atoms with E-state index in [9.17, 15) is 4.39 Å². The van der Waals surface area contributed by atoms with Crippen LogP contribution in [0, 0.1) is 5.82 Å². The average Bonchev–Trinajstić information content (AvgIpc) is 2.81. The van der Waals surface area contributed by atoms with Crippen LogP contribution in [0.4, 0.5) is 4.39 Å². The van der Waals surface area contributed by atoms with E-state index < -0.39 is 0 Å². The number of halogens is 1. The lowest BCUT2D eigenvalue weighted by atomic mass is 10.0. The maximum absolute atomic E-state index is 14.2. The van der Waals surface area contributed by atoms with Gasteiger partial charge in [-0.25, -0.2) is 4.39 Å². The van der Waals surface area contributed by atoms with Gasteiger partial charge in [0.25, 0.3) is 0 Å². The third-order valence-electron chi connectivity index (χ3n) is 5.41. The first kappa shape index (κ1) is 22.6. The van der Waals surface area contributed by atoms with E-state index in [0.717, 1.165) is 49.7 Å². The second kappa shape index (κ2) is 11.9. The van der Waals surface area contributed by atoms with Gasteiger partial charge in [0, 0.05) is 0 Å². The van der Waals surface area contributed by atoms with Gasteiger partial charge in [0.1, 0.15) is 6.61 Å². The first-order valence-corrected chi connectivity index (χ1v) is 11.0. The lowest BCUT2D eigenvalue weighted by Crippen LogP contribution is -1.99. The molecule has 2 heteroatoms. The zero-order valence-electron chi connectivity index (χ0n) is 18.2. The van der Waals surface area contributed by atoms with Crippen molar-refractivity contribution in [2.24, 2.45) is 0 Å². The van der Waals surface area contributed by atoms with Gasteiger partial charge >= 0.3 is 0 Å². The first-order valence-electron chi connectivity index (χ1n) is 11.0. The highest BCUT2D eigenvalue weighted by Crippen LogP contribution is 2.21. The highest BCUT2D eigenvalue weighted by molar-refractivity contribution is 5.31. The van der Waals surface area contributed by atoms with Crippen molar-refractivity contribution in [3.8, 4) is 5.75 Å². The zero-order chi connectivity index (χ0) is 21.9. The fourth-order valence-corrected chi connectivity index (χ4v) is 3.48. The highest BCUT2D eigenvalue weighted by Gasteiger charge is 2.06. The van der Waals surface area contributed by atoms with Gasteiger partial charge in [0.15, 0.2) is 11.6 Å². The van der Waals surface area contributed by atoms with E-state index in [2.05, 4.69) is 61.7 Å². The van der Waals surface area contributed by atoms with Crippen LogP contribution in [0.3, 0.4) is 0 Å². The summed E-state index contributed by atoms with van der Waals surface area (Å²) in [6.45, 7) is 7.84. The van der Waals surface area contributed by atoms with Crippen LogP contribution in [0.25, 0.3) is 0 Å². The van der Waals surface area contributed by atoms with E-state index in [1.807, 2.05) is 18.2 Å². The first-order chi connectivity index (χ1) is 15.2. The van der Waals surface area contributed by atoms with Gasteiger partial charge in [-0.2, -0.15) is 0 Å². The van der Waals surface area contributed by atoms with Gasteiger partial charge in [-0.3, -0.25) is 0 Å². The van der Waals surface area contributed by atoms with E-state index >= 15 is 0 Å². The fraction of sp³-hybridized carbons (Fsp3) is 0.241. The molecule has 0 unspecified atom stereocenters. The normalized spacial score (nSPS) is 10.6. The summed E-state index contributed by atoms with van der Waals surface area (Å²) < 4.78 is 19.9. The maximum atomic E-state index is 14.2. The topological polar surface area (TPSA) is 9.23 Å². The minimum absolute atomic E-state index is 0.294. The Morgan fingerprint density at radius 3 is 1.58 bits per heavy atom. The Balaban J connectivity index is 1.48. The third kappa shape index (κ3) is 7.25. The Kier molecular flexibility index (Phi) is 8.66. The summed E-state index contributed by atoms with van der Waals surface area (Å²) in [5.41, 5.74) is 5.99. The number of benzene rings is 3. The smallest absolute Gasteiger partial charge is 0.165 e. The van der Waals surface area contributed by atoms with Crippen molar-refractivity contribution in [1.82, 2.24) is 0 Å². The molecule has 0 saturated carbocycles. The van der Waals surface area contributed by atoms with E-state index in [-0.39, 0.29) is 5.82 Å². The van der Waals surface area contributed by atoms with Crippen LogP contribution < -0.4 is 4.74 Å². The molecule has 0 aliphatic carbocycles. The molecule has 0 saturated heterocycles. The van der Waals surface area contributed by atoms with Crippen LogP contribution in [-0.4, -0.2) is 0 Å². The summed E-state index contributed by atoms with van der Waals surface area (Å²) in [5, 5.41) is 0. The van der Waals surface area contributed by atoms with Gasteiger partial charge in [-0.15, -0.1) is 13.2 Å². The molecule has 0 aliphatic rings. The van der Waals surface area contributed by atoms with Gasteiger partial charge in [0.2, 0.25) is 0 Å². The molecular formula is C29H31FO. The van der Waals surface area contributed by atoms with Gasteiger partial charge < -0.3 is 4.74 Å². The van der Waals surface area contributed by atoms with Crippen molar-refractivity contribution in [3.63, 3.8) is 0 Å². The lowest BCUT2D eigenvalue weighted by molar-refractivity contribution is 0.290. The number of hydrogen-bond donors (Lipinski definition) is 0. The van der Waals surface area contributed by atoms with Crippen molar-refractivity contribution in [2.75, 3.05) is 0 Å². The van der Waals surface area contributed by atoms with Crippen molar-refractivity contribution >= 4 is 0 Å². The monoisotopic (exact) mass is 414 g/mol. The number of aryl methyl sites for hydroxylation is 4. The number of ether oxygens (including phenoxy) is 1. The Hall–Kier alpha value is -3.13. The van der Waals surface area contributed by atoms with Gasteiger partial charge in [-0.05, 0) is 78.5 Å². The molecule has 31 heavy (non-hydrogen) atoms. The van der Waals surface area contributed by atoms with Crippen LogP contribution in [0.1, 0.15) is 40.7 Å². The average molecular weight is 415 g/mol. The van der Waals surface area contributed by atoms with Crippen LogP contribution in [0.2, 0.25) is 0 Å². The maximum Gasteiger partial charge on any atom is 0.165 e. The predicted octanol–water partition coefficient (Wildman–Crippen LogP) is 7.43. The van der Waals surface area contributed by atoms with E-state index in [4.69, 9.17) is 4.74 Å². The van der Waals surface area contributed by atoms with E-state index in [1.54, 1.807) is 12.1 Å². The standard InChI is InChI=1S/C29H31FO/c1-3-5-7-23-9-11-24(12-10-23)13-14-25-15-17-27(18-16-25)22-31-29-20-19-26(8-6-4-2)21-28(29)30/h3-4,9-12,15-21H,1-2,5-8,13-14,22H2. The van der Waals surface area contributed by atoms with Crippen molar-refractivity contribution in [3.05, 3.63) is 126 Å². The molecule has 0 heterocycles. The molecule has 0 radical (unpaired) electrons. The molecule has 0 aliphatic heterocycles. The summed E-state index contributed by atoms with van der Waals surface area (Å²) in [7, 11) is 0. The number of rotatable bonds is 12. The van der Waals surface area contributed by atoms with Gasteiger partial charge in [0.05, 0.1) is 0 Å². The van der Waals surface area contributed by atoms with Crippen molar-refractivity contribution in [1.29, 1.82) is 0 Å². The molecule has 3 aromatic rings. The SMILES string of the molecule is C=CCCc1ccc(CCc2ccc(COc3ccc(CCC=C)cc3F)cc2)cc1. The Bertz CT molecular complexity index is 971. The summed E-state index contributed by atoms with van der Waals surface area (Å²) in [4.78, 5) is 0. The quantitative estimate of drug-likeness (QED) is 0.280. The van der Waals surface area contributed by atoms with Crippen LogP contribution in [0.5, 0.6) is 5.75 Å². The molecule has 0 spiro atoms. The van der Waals surface area contributed by atoms with Crippen LogP contribution >= 0.6 is 0 Å². The summed E-state index contributed by atoms with van der Waals surface area (Å²) in [5.74, 6) is -0.0170. The molecule has 0 aromatic heterocycles. The second-order valence-electron chi connectivity index (χ2n) is 7.84. The van der Waals surface area contributed by atoms with E-state index in [1.165, 1.54) is 16.7 Å². The van der Waals surface area contributed by atoms with Crippen molar-refractivity contribution < 1.29 is 9.13 Å². The summed E-state index contributed by atoms with van der Waals surface area (Å²) in [6.07, 6.45) is 9.51.